The average molecular weight is 405 g/mol. The predicted molar refractivity (Wildman–Crippen MR) is 119 cm³/mol. The molecule has 0 aliphatic rings. The van der Waals surface area contributed by atoms with Crippen molar-refractivity contribution < 1.29 is 9.90 Å². The van der Waals surface area contributed by atoms with Crippen molar-refractivity contribution in [1.82, 2.24) is 9.55 Å². The molecule has 6 nitrogen and oxygen atoms in total. The van der Waals surface area contributed by atoms with Crippen molar-refractivity contribution in [3.05, 3.63) is 80.8 Å². The molecule has 0 saturated carbocycles. The molecular formula is C24H27N3O3. The summed E-state index contributed by atoms with van der Waals surface area (Å²) >= 11 is 0. The molecule has 0 aliphatic heterocycles. The number of carbonyl (C=O) groups is 1. The number of nitrogens with zero attached hydrogens (tertiary/aromatic N) is 2. The first-order valence-electron chi connectivity index (χ1n) is 9.96. The molecule has 0 aliphatic carbocycles. The smallest absolute Gasteiger partial charge is 0.257 e. The molecule has 3 rings (SSSR count). The van der Waals surface area contributed by atoms with Crippen molar-refractivity contribution in [3.63, 3.8) is 0 Å². The summed E-state index contributed by atoms with van der Waals surface area (Å²) in [5, 5.41) is 12.3. The Morgan fingerprint density at radius 1 is 1.07 bits per heavy atom. The number of amides is 1. The van der Waals surface area contributed by atoms with Crippen LogP contribution in [0.15, 0.2) is 47.3 Å². The molecular weight excluding hydrogens is 378 g/mol. The van der Waals surface area contributed by atoms with Crippen LogP contribution in [0.5, 0.6) is 0 Å². The summed E-state index contributed by atoms with van der Waals surface area (Å²) < 4.78 is 1.39. The highest BCUT2D eigenvalue weighted by atomic mass is 16.3. The summed E-state index contributed by atoms with van der Waals surface area (Å²) in [5.41, 5.74) is 5.27. The van der Waals surface area contributed by atoms with Crippen LogP contribution in [0, 0.1) is 27.7 Å². The third kappa shape index (κ3) is 4.49. The van der Waals surface area contributed by atoms with Crippen LogP contribution in [-0.4, -0.2) is 27.2 Å². The Kier molecular flexibility index (Phi) is 6.47. The van der Waals surface area contributed by atoms with Gasteiger partial charge in [0.1, 0.15) is 12.4 Å². The summed E-state index contributed by atoms with van der Waals surface area (Å²) in [6.07, 6.45) is 0.199. The lowest BCUT2D eigenvalue weighted by Gasteiger charge is -2.17. The minimum absolute atomic E-state index is 0.156. The second kappa shape index (κ2) is 9.05. The van der Waals surface area contributed by atoms with Gasteiger partial charge in [-0.25, -0.2) is 4.98 Å². The number of hydrogen-bond donors (Lipinski definition) is 2. The molecule has 1 amide bonds. The van der Waals surface area contributed by atoms with E-state index in [-0.39, 0.29) is 31.0 Å². The standard InChI is InChI=1S/C24H27N3O3/c1-15-12-16(2)22(17(3)13-15)26-21(29)14-27-23(19-8-6-5-7-9-19)25-18(4)20(10-11-28)24(27)30/h5-9,12-13,28H,10-11,14H2,1-4H3,(H,26,29). The van der Waals surface area contributed by atoms with Crippen LogP contribution in [0.4, 0.5) is 5.69 Å². The van der Waals surface area contributed by atoms with Crippen LogP contribution in [-0.2, 0) is 17.8 Å². The van der Waals surface area contributed by atoms with Gasteiger partial charge in [-0.3, -0.25) is 14.2 Å². The Morgan fingerprint density at radius 2 is 1.70 bits per heavy atom. The van der Waals surface area contributed by atoms with Gasteiger partial charge in [0.05, 0.1) is 0 Å². The second-order valence-corrected chi connectivity index (χ2v) is 7.55. The fourth-order valence-corrected chi connectivity index (χ4v) is 3.75. The van der Waals surface area contributed by atoms with E-state index in [0.29, 0.717) is 17.1 Å². The molecule has 0 unspecified atom stereocenters. The van der Waals surface area contributed by atoms with Crippen LogP contribution in [0.1, 0.15) is 27.9 Å². The molecule has 156 valence electrons. The molecule has 0 bridgehead atoms. The maximum atomic E-state index is 13.2. The van der Waals surface area contributed by atoms with E-state index in [2.05, 4.69) is 10.3 Å². The van der Waals surface area contributed by atoms with Crippen molar-refractivity contribution in [2.75, 3.05) is 11.9 Å². The molecule has 1 aromatic heterocycles. The molecule has 2 N–H and O–H groups in total. The van der Waals surface area contributed by atoms with Crippen molar-refractivity contribution in [2.24, 2.45) is 0 Å². The highest BCUT2D eigenvalue weighted by molar-refractivity contribution is 5.92. The van der Waals surface area contributed by atoms with Gasteiger partial charge in [0, 0.05) is 35.5 Å². The predicted octanol–water partition coefficient (Wildman–Crippen LogP) is 3.32. The topological polar surface area (TPSA) is 84.2 Å². The molecule has 6 heteroatoms. The number of carbonyl (C=O) groups excluding carboxylic acids is 1. The molecule has 0 saturated heterocycles. The molecule has 0 atom stereocenters. The van der Waals surface area contributed by atoms with Crippen molar-refractivity contribution in [3.8, 4) is 11.4 Å². The van der Waals surface area contributed by atoms with Gasteiger partial charge in [-0.15, -0.1) is 0 Å². The van der Waals surface area contributed by atoms with Crippen LogP contribution < -0.4 is 10.9 Å². The zero-order valence-electron chi connectivity index (χ0n) is 17.8. The van der Waals surface area contributed by atoms with Gasteiger partial charge < -0.3 is 10.4 Å². The van der Waals surface area contributed by atoms with E-state index < -0.39 is 0 Å². The fourth-order valence-electron chi connectivity index (χ4n) is 3.75. The summed E-state index contributed by atoms with van der Waals surface area (Å²) in [7, 11) is 0. The number of aliphatic hydroxyl groups excluding tert-OH is 1. The summed E-state index contributed by atoms with van der Waals surface area (Å²) in [6.45, 7) is 7.34. The number of aliphatic hydroxyl groups is 1. The molecule has 0 spiro atoms. The van der Waals surface area contributed by atoms with E-state index in [4.69, 9.17) is 0 Å². The van der Waals surface area contributed by atoms with Crippen LogP contribution in [0.2, 0.25) is 0 Å². The minimum Gasteiger partial charge on any atom is -0.396 e. The first kappa shape index (κ1) is 21.5. The number of aryl methyl sites for hydroxylation is 4. The number of rotatable bonds is 6. The summed E-state index contributed by atoms with van der Waals surface area (Å²) in [6, 6.07) is 13.3. The Bertz CT molecular complexity index is 1110. The van der Waals surface area contributed by atoms with E-state index >= 15 is 0 Å². The largest absolute Gasteiger partial charge is 0.396 e. The number of aromatic nitrogens is 2. The maximum Gasteiger partial charge on any atom is 0.257 e. The highest BCUT2D eigenvalue weighted by Gasteiger charge is 2.18. The quantitative estimate of drug-likeness (QED) is 0.659. The fraction of sp³-hybridized carbons (Fsp3) is 0.292. The Morgan fingerprint density at radius 3 is 2.30 bits per heavy atom. The normalized spacial score (nSPS) is 10.8. The molecule has 30 heavy (non-hydrogen) atoms. The van der Waals surface area contributed by atoms with E-state index in [9.17, 15) is 14.7 Å². The number of anilines is 1. The average Bonchev–Trinajstić information content (AvgIpc) is 2.70. The monoisotopic (exact) mass is 405 g/mol. The van der Waals surface area contributed by atoms with Gasteiger partial charge in [0.2, 0.25) is 5.91 Å². The summed E-state index contributed by atoms with van der Waals surface area (Å²) in [5.74, 6) is 0.136. The first-order valence-corrected chi connectivity index (χ1v) is 9.96. The van der Waals surface area contributed by atoms with Crippen LogP contribution in [0.25, 0.3) is 11.4 Å². The first-order chi connectivity index (χ1) is 14.3. The minimum atomic E-state index is -0.303. The lowest BCUT2D eigenvalue weighted by atomic mass is 10.1. The Balaban J connectivity index is 2.03. The highest BCUT2D eigenvalue weighted by Crippen LogP contribution is 2.22. The number of hydrogen-bond acceptors (Lipinski definition) is 4. The second-order valence-electron chi connectivity index (χ2n) is 7.55. The van der Waals surface area contributed by atoms with Gasteiger partial charge in [0.15, 0.2) is 0 Å². The number of benzene rings is 2. The van der Waals surface area contributed by atoms with Crippen LogP contribution >= 0.6 is 0 Å². The van der Waals surface area contributed by atoms with Gasteiger partial charge in [-0.05, 0) is 38.8 Å². The lowest BCUT2D eigenvalue weighted by molar-refractivity contribution is -0.116. The van der Waals surface area contributed by atoms with Gasteiger partial charge in [0.25, 0.3) is 5.56 Å². The lowest BCUT2D eigenvalue weighted by Crippen LogP contribution is -2.33. The van der Waals surface area contributed by atoms with E-state index in [0.717, 1.165) is 27.9 Å². The van der Waals surface area contributed by atoms with Gasteiger partial charge >= 0.3 is 0 Å². The van der Waals surface area contributed by atoms with E-state index in [1.807, 2.05) is 63.2 Å². The number of nitrogens with one attached hydrogen (secondary N) is 1. The summed E-state index contributed by atoms with van der Waals surface area (Å²) in [4.78, 5) is 30.7. The van der Waals surface area contributed by atoms with Gasteiger partial charge in [-0.1, -0.05) is 48.0 Å². The van der Waals surface area contributed by atoms with E-state index in [1.165, 1.54) is 4.57 Å². The Labute approximate surface area is 176 Å². The SMILES string of the molecule is Cc1cc(C)c(NC(=O)Cn2c(-c3ccccc3)nc(C)c(CCO)c2=O)c(C)c1. The molecule has 0 radical (unpaired) electrons. The zero-order chi connectivity index (χ0) is 21.8. The van der Waals surface area contributed by atoms with Crippen molar-refractivity contribution >= 4 is 11.6 Å². The van der Waals surface area contributed by atoms with Gasteiger partial charge in [-0.2, -0.15) is 0 Å². The molecule has 2 aromatic carbocycles. The molecule has 1 heterocycles. The van der Waals surface area contributed by atoms with Crippen molar-refractivity contribution in [2.45, 2.75) is 40.7 Å². The molecule has 0 fully saturated rings. The van der Waals surface area contributed by atoms with E-state index in [1.54, 1.807) is 6.92 Å². The molecule has 3 aromatic rings. The third-order valence-electron chi connectivity index (χ3n) is 5.11. The zero-order valence-corrected chi connectivity index (χ0v) is 17.8. The Hall–Kier alpha value is -3.25. The third-order valence-corrected chi connectivity index (χ3v) is 5.11. The van der Waals surface area contributed by atoms with Crippen molar-refractivity contribution in [1.29, 1.82) is 0 Å². The van der Waals surface area contributed by atoms with Crippen LogP contribution in [0.3, 0.4) is 0 Å². The maximum absolute atomic E-state index is 13.2.